The second kappa shape index (κ2) is 8.68. The van der Waals surface area contributed by atoms with Crippen LogP contribution in [0.25, 0.3) is 0 Å². The molecule has 0 aromatic carbocycles. The van der Waals surface area contributed by atoms with E-state index in [0.29, 0.717) is 17.9 Å². The van der Waals surface area contributed by atoms with Gasteiger partial charge in [0.25, 0.3) is 5.91 Å². The monoisotopic (exact) mass is 297 g/mol. The second-order valence-corrected chi connectivity index (χ2v) is 6.10. The molecule has 1 aromatic rings. The van der Waals surface area contributed by atoms with Crippen molar-refractivity contribution in [1.29, 1.82) is 0 Å². The minimum absolute atomic E-state index is 0.146. The molecule has 1 atom stereocenters. The van der Waals surface area contributed by atoms with E-state index < -0.39 is 10.8 Å². The van der Waals surface area contributed by atoms with Crippen LogP contribution in [0.5, 0.6) is 0 Å². The van der Waals surface area contributed by atoms with Crippen LogP contribution >= 0.6 is 0 Å². The van der Waals surface area contributed by atoms with Gasteiger partial charge < -0.3 is 10.6 Å². The van der Waals surface area contributed by atoms with Crippen molar-refractivity contribution >= 4 is 22.5 Å². The number of amides is 1. The number of nitrogens with one attached hydrogen (secondary N) is 2. The molecule has 20 heavy (non-hydrogen) atoms. The van der Waals surface area contributed by atoms with Gasteiger partial charge >= 0.3 is 0 Å². The van der Waals surface area contributed by atoms with Gasteiger partial charge in [-0.3, -0.25) is 9.00 Å². The molecule has 1 heterocycles. The normalized spacial score (nSPS) is 11.9. The summed E-state index contributed by atoms with van der Waals surface area (Å²) < 4.78 is 11.0. The first-order chi connectivity index (χ1) is 9.56. The average Bonchev–Trinajstić information content (AvgIpc) is 2.44. The fourth-order valence-electron chi connectivity index (χ4n) is 1.65. The van der Waals surface area contributed by atoms with E-state index in [2.05, 4.69) is 22.5 Å². The zero-order valence-electron chi connectivity index (χ0n) is 12.4. The van der Waals surface area contributed by atoms with E-state index in [1.165, 1.54) is 0 Å². The smallest absolute Gasteiger partial charge is 0.251 e. The number of hydrogen-bond donors (Lipinski definition) is 2. The third-order valence-electron chi connectivity index (χ3n) is 2.73. The van der Waals surface area contributed by atoms with Gasteiger partial charge in [0.2, 0.25) is 0 Å². The lowest BCUT2D eigenvalue weighted by atomic mass is 10.2. The fourth-order valence-corrected chi connectivity index (χ4v) is 2.04. The van der Waals surface area contributed by atoms with Gasteiger partial charge in [0.05, 0.1) is 0 Å². The van der Waals surface area contributed by atoms with E-state index in [-0.39, 0.29) is 5.91 Å². The summed E-state index contributed by atoms with van der Waals surface area (Å²) in [5.74, 6) is 1.06. The Hall–Kier alpha value is -1.43. The number of carbonyl (C=O) groups excluding carboxylic acids is 1. The maximum atomic E-state index is 12.1. The van der Waals surface area contributed by atoms with E-state index in [4.69, 9.17) is 0 Å². The molecule has 0 saturated carbocycles. The van der Waals surface area contributed by atoms with Gasteiger partial charge in [0.15, 0.2) is 0 Å². The molecular formula is C14H23N3O2S. The molecule has 0 bridgehead atoms. The van der Waals surface area contributed by atoms with Crippen molar-refractivity contribution < 1.29 is 9.00 Å². The van der Waals surface area contributed by atoms with Crippen LogP contribution in [0.1, 0.15) is 36.3 Å². The molecule has 1 rings (SSSR count). The zero-order valence-corrected chi connectivity index (χ0v) is 13.2. The number of pyridine rings is 1. The van der Waals surface area contributed by atoms with Crippen LogP contribution in [0.3, 0.4) is 0 Å². The average molecular weight is 297 g/mol. The van der Waals surface area contributed by atoms with E-state index in [1.54, 1.807) is 18.4 Å². The summed E-state index contributed by atoms with van der Waals surface area (Å²) in [5.41, 5.74) is 1.48. The number of aromatic nitrogens is 1. The highest BCUT2D eigenvalue weighted by atomic mass is 32.2. The van der Waals surface area contributed by atoms with E-state index in [9.17, 15) is 9.00 Å². The molecule has 0 aliphatic carbocycles. The third kappa shape index (κ3) is 5.69. The summed E-state index contributed by atoms with van der Waals surface area (Å²) in [4.78, 5) is 16.5. The first kappa shape index (κ1) is 16.6. The maximum Gasteiger partial charge on any atom is 0.251 e. The summed E-state index contributed by atoms with van der Waals surface area (Å²) in [6.07, 6.45) is 3.41. The molecule has 1 aromatic heterocycles. The lowest BCUT2D eigenvalue weighted by molar-refractivity contribution is 0.0956. The van der Waals surface area contributed by atoms with Crippen molar-refractivity contribution in [2.45, 2.75) is 26.7 Å². The fraction of sp³-hybridized carbons (Fsp3) is 0.571. The summed E-state index contributed by atoms with van der Waals surface area (Å²) in [6, 6.07) is 3.56. The van der Waals surface area contributed by atoms with E-state index >= 15 is 0 Å². The summed E-state index contributed by atoms with van der Waals surface area (Å²) in [7, 11) is -0.892. The molecule has 0 radical (unpaired) electrons. The van der Waals surface area contributed by atoms with Crippen LogP contribution in [0.4, 0.5) is 5.82 Å². The molecule has 6 heteroatoms. The van der Waals surface area contributed by atoms with E-state index in [1.807, 2.05) is 6.92 Å². The topological polar surface area (TPSA) is 71.1 Å². The third-order valence-corrected chi connectivity index (χ3v) is 3.51. The Balaban J connectivity index is 2.76. The maximum absolute atomic E-state index is 12.1. The molecule has 0 aliphatic rings. The summed E-state index contributed by atoms with van der Waals surface area (Å²) in [6.45, 7) is 5.34. The Morgan fingerprint density at radius 1 is 1.30 bits per heavy atom. The number of hydrogen-bond acceptors (Lipinski definition) is 4. The van der Waals surface area contributed by atoms with Gasteiger partial charge in [-0.25, -0.2) is 4.98 Å². The highest BCUT2D eigenvalue weighted by Gasteiger charge is 2.09. The van der Waals surface area contributed by atoms with Crippen molar-refractivity contribution in [2.24, 2.45) is 0 Å². The Bertz CT molecular complexity index is 477. The number of nitrogens with zero attached hydrogens (tertiary/aromatic N) is 1. The van der Waals surface area contributed by atoms with Crippen LogP contribution in [-0.2, 0) is 17.2 Å². The van der Waals surface area contributed by atoms with Crippen LogP contribution < -0.4 is 10.6 Å². The standard InChI is InChI=1S/C14H23N3O2S/c1-4-6-15-13-10-11(9-12(5-2)17-13)14(18)16-7-8-20(3)19/h9-10H,4-8H2,1-3H3,(H,15,17)(H,16,18). The van der Waals surface area contributed by atoms with Gasteiger partial charge in [-0.15, -0.1) is 0 Å². The molecule has 0 aliphatic heterocycles. The quantitative estimate of drug-likeness (QED) is 0.764. The molecule has 0 spiro atoms. The minimum Gasteiger partial charge on any atom is -0.370 e. The van der Waals surface area contributed by atoms with Crippen molar-refractivity contribution in [3.05, 3.63) is 23.4 Å². The number of carbonyl (C=O) groups is 1. The molecular weight excluding hydrogens is 274 g/mol. The molecule has 1 unspecified atom stereocenters. The largest absolute Gasteiger partial charge is 0.370 e. The van der Waals surface area contributed by atoms with Crippen molar-refractivity contribution in [2.75, 3.05) is 30.4 Å². The second-order valence-electron chi connectivity index (χ2n) is 4.55. The molecule has 2 N–H and O–H groups in total. The summed E-state index contributed by atoms with van der Waals surface area (Å²) in [5, 5.41) is 5.98. The predicted octanol–water partition coefficient (Wildman–Crippen LogP) is 1.57. The number of rotatable bonds is 8. The van der Waals surface area contributed by atoms with Gasteiger partial charge in [0.1, 0.15) is 5.82 Å². The Labute approximate surface area is 123 Å². The lowest BCUT2D eigenvalue weighted by Gasteiger charge is -2.10. The minimum atomic E-state index is -0.892. The van der Waals surface area contributed by atoms with Gasteiger partial charge in [-0.1, -0.05) is 13.8 Å². The zero-order chi connectivity index (χ0) is 15.0. The lowest BCUT2D eigenvalue weighted by Crippen LogP contribution is -2.27. The first-order valence-electron chi connectivity index (χ1n) is 6.89. The van der Waals surface area contributed by atoms with Crippen LogP contribution in [0.15, 0.2) is 12.1 Å². The number of aryl methyl sites for hydroxylation is 1. The SMILES string of the molecule is CCCNc1cc(C(=O)NCCS(C)=O)cc(CC)n1. The number of anilines is 1. The molecule has 112 valence electrons. The first-order valence-corrected chi connectivity index (χ1v) is 8.62. The molecule has 0 fully saturated rings. The summed E-state index contributed by atoms with van der Waals surface area (Å²) >= 11 is 0. The van der Waals surface area contributed by atoms with Crippen LogP contribution in [-0.4, -0.2) is 40.2 Å². The Morgan fingerprint density at radius 3 is 2.65 bits per heavy atom. The highest BCUT2D eigenvalue weighted by Crippen LogP contribution is 2.11. The Kier molecular flexibility index (Phi) is 7.22. The van der Waals surface area contributed by atoms with Gasteiger partial charge in [-0.05, 0) is 25.0 Å². The van der Waals surface area contributed by atoms with Gasteiger partial charge in [0, 0.05) is 47.2 Å². The Morgan fingerprint density at radius 2 is 2.05 bits per heavy atom. The highest BCUT2D eigenvalue weighted by molar-refractivity contribution is 7.84. The molecule has 0 saturated heterocycles. The van der Waals surface area contributed by atoms with Crippen molar-refractivity contribution in [3.8, 4) is 0 Å². The molecule has 1 amide bonds. The van der Waals surface area contributed by atoms with E-state index in [0.717, 1.165) is 30.9 Å². The van der Waals surface area contributed by atoms with Gasteiger partial charge in [-0.2, -0.15) is 0 Å². The van der Waals surface area contributed by atoms with Crippen LogP contribution in [0.2, 0.25) is 0 Å². The predicted molar refractivity (Wildman–Crippen MR) is 83.7 cm³/mol. The van der Waals surface area contributed by atoms with Crippen molar-refractivity contribution in [3.63, 3.8) is 0 Å². The van der Waals surface area contributed by atoms with Crippen molar-refractivity contribution in [1.82, 2.24) is 10.3 Å². The van der Waals surface area contributed by atoms with Crippen LogP contribution in [0, 0.1) is 0 Å². The molecule has 5 nitrogen and oxygen atoms in total.